The van der Waals surface area contributed by atoms with Crippen LogP contribution >= 0.6 is 0 Å². The van der Waals surface area contributed by atoms with Gasteiger partial charge >= 0.3 is 35.5 Å². The average molecular weight is 468 g/mol. The van der Waals surface area contributed by atoms with Gasteiger partial charge in [0.2, 0.25) is 0 Å². The Balaban J connectivity index is 0.00000512. The van der Waals surface area contributed by atoms with Crippen molar-refractivity contribution in [1.82, 2.24) is 0 Å². The van der Waals surface area contributed by atoms with Crippen molar-refractivity contribution in [3.8, 4) is 0 Å². The first kappa shape index (κ1) is 29.8. The molecule has 0 aromatic carbocycles. The number of methoxy groups -OCH3 is 1. The van der Waals surface area contributed by atoms with Gasteiger partial charge < -0.3 is 33.9 Å². The van der Waals surface area contributed by atoms with Gasteiger partial charge in [-0.25, -0.2) is 4.79 Å². The van der Waals surface area contributed by atoms with Crippen LogP contribution in [0.1, 0.15) is 72.1 Å². The van der Waals surface area contributed by atoms with Crippen LogP contribution < -0.4 is 34.7 Å². The Kier molecular flexibility index (Phi) is 14.5. The summed E-state index contributed by atoms with van der Waals surface area (Å²) in [5, 5.41) is 21.0. The molecular formula is C22H38NNaO8. The summed E-state index contributed by atoms with van der Waals surface area (Å²) in [6.45, 7) is 5.25. The molecular weight excluding hydrogens is 429 g/mol. The summed E-state index contributed by atoms with van der Waals surface area (Å²) in [5.74, 6) is -1.53. The van der Waals surface area contributed by atoms with E-state index < -0.39 is 54.9 Å². The Labute approximate surface area is 213 Å². The molecule has 0 radical (unpaired) electrons. The summed E-state index contributed by atoms with van der Waals surface area (Å²) in [5.41, 5.74) is 0. The fraction of sp³-hybridized carbons (Fsp3) is 0.909. The number of aliphatic carboxylic acids is 1. The monoisotopic (exact) mass is 467 g/mol. The normalized spacial score (nSPS) is 31.4. The van der Waals surface area contributed by atoms with Crippen LogP contribution in [-0.4, -0.2) is 73.7 Å². The molecule has 0 spiro atoms. The standard InChI is InChI=1S/C22H39NO8.Na/c1-5-6-7-8-9-10-11-12-17-28-13-16-19(31-17)20(29-14(2)21(25)26)18(23-15(3)24)22(27-4)30-16;/h14,16-20,22H,5-13H2,1-4H3,(H,23,24)(H,25,26);/q;+1/p-1/t14?,16-,17?,18-,19-,20-,22+;/m1./s1. The molecule has 0 amide bonds. The Bertz CT molecular complexity index is 574. The topological polar surface area (TPSA) is 119 Å². The van der Waals surface area contributed by atoms with Crippen molar-refractivity contribution >= 4 is 11.9 Å². The van der Waals surface area contributed by atoms with Gasteiger partial charge in [-0.3, -0.25) is 4.99 Å². The van der Waals surface area contributed by atoms with Gasteiger partial charge in [-0.1, -0.05) is 45.4 Å². The molecule has 0 saturated carbocycles. The van der Waals surface area contributed by atoms with Crippen molar-refractivity contribution in [2.75, 3.05) is 13.7 Å². The zero-order valence-corrected chi connectivity index (χ0v) is 22.2. The Morgan fingerprint density at radius 2 is 1.84 bits per heavy atom. The van der Waals surface area contributed by atoms with E-state index in [1.54, 1.807) is 0 Å². The number of carbonyl (C=O) groups is 1. The molecule has 0 bridgehead atoms. The fourth-order valence-electron chi connectivity index (χ4n) is 4.02. The Morgan fingerprint density at radius 1 is 1.19 bits per heavy atom. The maximum atomic E-state index is 11.7. The number of hydrogen-bond acceptors (Lipinski definition) is 8. The van der Waals surface area contributed by atoms with E-state index >= 15 is 0 Å². The first-order valence-electron chi connectivity index (χ1n) is 11.4. The van der Waals surface area contributed by atoms with Gasteiger partial charge in [-0.15, -0.1) is 0 Å². The van der Waals surface area contributed by atoms with E-state index in [4.69, 9.17) is 23.7 Å². The average Bonchev–Trinajstić information content (AvgIpc) is 2.73. The molecule has 9 nitrogen and oxygen atoms in total. The van der Waals surface area contributed by atoms with E-state index in [-0.39, 0.29) is 36.2 Å². The predicted molar refractivity (Wildman–Crippen MR) is 112 cm³/mol. The van der Waals surface area contributed by atoms with E-state index in [1.807, 2.05) is 0 Å². The summed E-state index contributed by atoms with van der Waals surface area (Å²) >= 11 is 0. The second-order valence-electron chi connectivity index (χ2n) is 8.27. The van der Waals surface area contributed by atoms with Crippen LogP contribution in [0, 0.1) is 0 Å². The van der Waals surface area contributed by atoms with Gasteiger partial charge in [0.15, 0.2) is 18.7 Å². The SMILES string of the molecule is CCCCCCCCCC1OC[C@H]2O[C@H](OC)[C@H](N=C(C)[O-])[C@@H](OC(C)C(=O)O)[C@@H]2O1.[Na+]. The number of carboxylic acids is 1. The number of rotatable bonds is 13. The number of carboxylic acid groups (broad SMARTS) is 1. The molecule has 2 aliphatic heterocycles. The van der Waals surface area contributed by atoms with Crippen molar-refractivity contribution in [2.45, 2.75) is 115 Å². The van der Waals surface area contributed by atoms with Crippen LogP contribution in [0.25, 0.3) is 0 Å². The summed E-state index contributed by atoms with van der Waals surface area (Å²) in [4.78, 5) is 15.5. The molecule has 180 valence electrons. The van der Waals surface area contributed by atoms with Gasteiger partial charge in [-0.05, 0) is 32.6 Å². The van der Waals surface area contributed by atoms with Crippen LogP contribution in [-0.2, 0) is 28.5 Å². The van der Waals surface area contributed by atoms with Crippen LogP contribution in [0.3, 0.4) is 0 Å². The van der Waals surface area contributed by atoms with Crippen LogP contribution in [0.2, 0.25) is 0 Å². The molecule has 10 heteroatoms. The summed E-state index contributed by atoms with van der Waals surface area (Å²) in [6.07, 6.45) is 4.76. The number of aliphatic imine (C=N–C) groups is 1. The second-order valence-corrected chi connectivity index (χ2v) is 8.27. The van der Waals surface area contributed by atoms with Crippen LogP contribution in [0.5, 0.6) is 0 Å². The van der Waals surface area contributed by atoms with Crippen LogP contribution in [0.15, 0.2) is 4.99 Å². The molecule has 7 atom stereocenters. The van der Waals surface area contributed by atoms with Gasteiger partial charge in [0.25, 0.3) is 0 Å². The first-order valence-corrected chi connectivity index (χ1v) is 11.4. The third-order valence-corrected chi connectivity index (χ3v) is 5.69. The minimum absolute atomic E-state index is 0. The molecule has 2 fully saturated rings. The summed E-state index contributed by atoms with van der Waals surface area (Å²) in [7, 11) is 1.44. The molecule has 2 saturated heterocycles. The van der Waals surface area contributed by atoms with Crippen LogP contribution in [0.4, 0.5) is 0 Å². The van der Waals surface area contributed by atoms with Gasteiger partial charge in [0.1, 0.15) is 24.4 Å². The largest absolute Gasteiger partial charge is 1.00 e. The molecule has 32 heavy (non-hydrogen) atoms. The van der Waals surface area contributed by atoms with Crippen molar-refractivity contribution in [3.63, 3.8) is 0 Å². The molecule has 2 unspecified atom stereocenters. The van der Waals surface area contributed by atoms with E-state index in [2.05, 4.69) is 11.9 Å². The molecule has 2 rings (SSSR count). The minimum Gasteiger partial charge on any atom is -0.862 e. The number of fused-ring (bicyclic) bond motifs is 1. The maximum Gasteiger partial charge on any atom is 1.00 e. The zero-order valence-electron chi connectivity index (χ0n) is 20.2. The second kappa shape index (κ2) is 15.6. The van der Waals surface area contributed by atoms with Crippen molar-refractivity contribution in [3.05, 3.63) is 0 Å². The number of hydrogen-bond donors (Lipinski definition) is 1. The predicted octanol–water partition coefficient (Wildman–Crippen LogP) is -0.750. The van der Waals surface area contributed by atoms with Crippen molar-refractivity contribution < 1.29 is 68.2 Å². The summed E-state index contributed by atoms with van der Waals surface area (Å²) < 4.78 is 29.1. The number of nitrogens with zero attached hydrogens (tertiary/aromatic N) is 1. The fourth-order valence-corrected chi connectivity index (χ4v) is 4.02. The third kappa shape index (κ3) is 9.18. The van der Waals surface area contributed by atoms with E-state index in [0.717, 1.165) is 19.3 Å². The molecule has 0 aromatic heterocycles. The first-order chi connectivity index (χ1) is 14.9. The van der Waals surface area contributed by atoms with Gasteiger partial charge in [0, 0.05) is 7.11 Å². The number of ether oxygens (including phenoxy) is 5. The van der Waals surface area contributed by atoms with Gasteiger partial charge in [0.05, 0.1) is 6.61 Å². The molecule has 1 N–H and O–H groups in total. The van der Waals surface area contributed by atoms with Crippen molar-refractivity contribution in [2.24, 2.45) is 4.99 Å². The van der Waals surface area contributed by atoms with E-state index in [0.29, 0.717) is 0 Å². The summed E-state index contributed by atoms with van der Waals surface area (Å²) in [6, 6.07) is -0.831. The van der Waals surface area contributed by atoms with Crippen molar-refractivity contribution in [1.29, 1.82) is 0 Å². The number of unbranched alkanes of at least 4 members (excludes halogenated alkanes) is 6. The van der Waals surface area contributed by atoms with Gasteiger partial charge in [-0.2, -0.15) is 0 Å². The quantitative estimate of drug-likeness (QED) is 0.163. The smallest absolute Gasteiger partial charge is 0.862 e. The third-order valence-electron chi connectivity index (χ3n) is 5.69. The Morgan fingerprint density at radius 3 is 2.44 bits per heavy atom. The molecule has 0 aromatic rings. The minimum atomic E-state index is -1.11. The zero-order chi connectivity index (χ0) is 22.8. The maximum absolute atomic E-state index is 11.7. The molecule has 0 aliphatic carbocycles. The Hall–Kier alpha value is -0.260. The molecule has 2 heterocycles. The van der Waals surface area contributed by atoms with E-state index in [1.165, 1.54) is 53.1 Å². The molecule has 2 aliphatic rings. The van der Waals surface area contributed by atoms with E-state index in [9.17, 15) is 15.0 Å².